The number of hydrogen-bond acceptors (Lipinski definition) is 7. The Labute approximate surface area is 285 Å². The standard InChI is InChI=1S/C37H50ClN3O5S/c1-24-8-6-17-37(43,21-39-35(3,4)5)31-13-10-28(31)20-41-22-36(16-7-9-26-18-29(38)12-14-30(26)36)23-46-33-15-11-27(19-32(33)41)34(42)40-47(44,45)25(24)2/h6,11-12,14-15,17-19,24-25,28,31,39,43H,7-10,13,16,20-23H2,1-5H3,(H,40,42)/b17-6+/t24?,25-,28+,31-,36+,37-/m1/s1. The first kappa shape index (κ1) is 34.3. The van der Waals surface area contributed by atoms with Crippen LogP contribution in [0, 0.1) is 17.8 Å². The molecule has 6 rings (SSSR count). The second kappa shape index (κ2) is 12.7. The fraction of sp³-hybridized carbons (Fsp3) is 0.595. The number of carbonyl (C=O) groups is 1. The zero-order valence-corrected chi connectivity index (χ0v) is 29.9. The van der Waals surface area contributed by atoms with Crippen LogP contribution >= 0.6 is 11.6 Å². The van der Waals surface area contributed by atoms with Gasteiger partial charge in [0.15, 0.2) is 0 Å². The molecule has 2 aliphatic heterocycles. The number of carbonyl (C=O) groups excluding carboxylic acids is 1. The molecule has 1 unspecified atom stereocenters. The molecule has 47 heavy (non-hydrogen) atoms. The fourth-order valence-electron chi connectivity index (χ4n) is 7.97. The van der Waals surface area contributed by atoms with Crippen LogP contribution in [0.1, 0.15) is 88.2 Å². The topological polar surface area (TPSA) is 108 Å². The first-order chi connectivity index (χ1) is 22.1. The Morgan fingerprint density at radius 2 is 1.94 bits per heavy atom. The number of β-amino-alcohol motifs (C(OH)–C–C–N with tert-alkyl or cyclic N) is 1. The third-order valence-electron chi connectivity index (χ3n) is 11.2. The number of allylic oxidation sites excluding steroid dienone is 1. The predicted octanol–water partition coefficient (Wildman–Crippen LogP) is 6.00. The quantitative estimate of drug-likeness (QED) is 0.333. The summed E-state index contributed by atoms with van der Waals surface area (Å²) in [5.74, 6) is -0.0433. The van der Waals surface area contributed by atoms with Crippen molar-refractivity contribution in [1.29, 1.82) is 0 Å². The molecule has 4 aliphatic rings. The number of sulfonamides is 1. The molecule has 1 amide bonds. The third-order valence-corrected chi connectivity index (χ3v) is 13.3. The Hall–Kier alpha value is -2.59. The van der Waals surface area contributed by atoms with E-state index in [4.69, 9.17) is 16.3 Å². The van der Waals surface area contributed by atoms with Crippen LogP contribution < -0.4 is 19.7 Å². The van der Waals surface area contributed by atoms with E-state index in [0.717, 1.165) is 42.8 Å². The lowest BCUT2D eigenvalue weighted by Gasteiger charge is -2.49. The molecule has 10 heteroatoms. The Balaban J connectivity index is 1.44. The molecule has 1 spiro atoms. The summed E-state index contributed by atoms with van der Waals surface area (Å²) in [7, 11) is -3.97. The van der Waals surface area contributed by atoms with Crippen LogP contribution in [-0.4, -0.2) is 62.1 Å². The molecule has 8 nitrogen and oxygen atoms in total. The summed E-state index contributed by atoms with van der Waals surface area (Å²) in [5.41, 5.74) is 1.96. The maximum Gasteiger partial charge on any atom is 0.264 e. The van der Waals surface area contributed by atoms with E-state index in [0.29, 0.717) is 38.4 Å². The number of hydrogen-bond donors (Lipinski definition) is 3. The third kappa shape index (κ3) is 6.96. The first-order valence-electron chi connectivity index (χ1n) is 17.1. The number of amides is 1. The fourth-order valence-corrected chi connectivity index (χ4v) is 9.45. The van der Waals surface area contributed by atoms with E-state index in [1.54, 1.807) is 25.1 Å². The lowest BCUT2D eigenvalue weighted by atomic mass is 9.63. The molecule has 6 atom stereocenters. The van der Waals surface area contributed by atoms with Crippen LogP contribution in [-0.2, 0) is 21.9 Å². The molecule has 0 radical (unpaired) electrons. The molecular weight excluding hydrogens is 634 g/mol. The molecule has 3 N–H and O–H groups in total. The minimum Gasteiger partial charge on any atom is -0.490 e. The van der Waals surface area contributed by atoms with E-state index in [1.165, 1.54) is 11.1 Å². The van der Waals surface area contributed by atoms with E-state index in [1.807, 2.05) is 25.1 Å². The van der Waals surface area contributed by atoms with Gasteiger partial charge < -0.3 is 20.1 Å². The Morgan fingerprint density at radius 1 is 1.15 bits per heavy atom. The summed E-state index contributed by atoms with van der Waals surface area (Å²) in [5, 5.41) is 15.8. The van der Waals surface area contributed by atoms with Gasteiger partial charge in [-0.25, -0.2) is 13.1 Å². The minimum atomic E-state index is -3.97. The van der Waals surface area contributed by atoms with Crippen molar-refractivity contribution in [3.8, 4) is 5.75 Å². The average Bonchev–Trinajstić information content (AvgIpc) is 3.13. The van der Waals surface area contributed by atoms with Gasteiger partial charge in [0, 0.05) is 41.2 Å². The van der Waals surface area contributed by atoms with Gasteiger partial charge in [-0.1, -0.05) is 36.7 Å². The Kier molecular flexibility index (Phi) is 9.26. The highest BCUT2D eigenvalue weighted by molar-refractivity contribution is 7.90. The highest BCUT2D eigenvalue weighted by Crippen LogP contribution is 2.48. The van der Waals surface area contributed by atoms with Crippen LogP contribution in [0.15, 0.2) is 48.6 Å². The maximum atomic E-state index is 13.5. The SMILES string of the molecule is CC1C/C=C/[C@@](O)(CNC(C)(C)C)[C@@H]2CC[C@H]2CN2C[C@@]3(CCCc4cc(Cl)ccc43)COc3ccc(cc32)C(=O)NS(=O)(=O)[C@@H]1C. The second-order valence-electron chi connectivity index (χ2n) is 15.6. The molecule has 2 aromatic rings. The predicted molar refractivity (Wildman–Crippen MR) is 188 cm³/mol. The van der Waals surface area contributed by atoms with Crippen molar-refractivity contribution >= 4 is 33.2 Å². The number of aryl methyl sites for hydroxylation is 1. The van der Waals surface area contributed by atoms with Gasteiger partial charge in [0.25, 0.3) is 5.91 Å². The van der Waals surface area contributed by atoms with Gasteiger partial charge in [0.1, 0.15) is 5.75 Å². The number of benzene rings is 2. The van der Waals surface area contributed by atoms with Gasteiger partial charge in [0.2, 0.25) is 10.0 Å². The molecule has 2 aromatic carbocycles. The number of anilines is 1. The normalized spacial score (nSPS) is 33.0. The summed E-state index contributed by atoms with van der Waals surface area (Å²) in [6, 6.07) is 11.4. The molecule has 0 aromatic heterocycles. The van der Waals surface area contributed by atoms with Gasteiger partial charge >= 0.3 is 0 Å². The first-order valence-corrected chi connectivity index (χ1v) is 19.0. The summed E-state index contributed by atoms with van der Waals surface area (Å²) in [6.45, 7) is 12.0. The van der Waals surface area contributed by atoms with E-state index in [-0.39, 0.29) is 34.3 Å². The van der Waals surface area contributed by atoms with E-state index < -0.39 is 26.8 Å². The smallest absolute Gasteiger partial charge is 0.264 e. The monoisotopic (exact) mass is 683 g/mol. The average molecular weight is 684 g/mol. The summed E-state index contributed by atoms with van der Waals surface area (Å²) in [4.78, 5) is 15.8. The van der Waals surface area contributed by atoms with E-state index in [2.05, 4.69) is 47.8 Å². The highest BCUT2D eigenvalue weighted by Gasteiger charge is 2.48. The van der Waals surface area contributed by atoms with Gasteiger partial charge in [0.05, 0.1) is 23.1 Å². The molecule has 0 saturated heterocycles. The van der Waals surface area contributed by atoms with Crippen molar-refractivity contribution in [2.24, 2.45) is 17.8 Å². The van der Waals surface area contributed by atoms with Crippen LogP contribution in [0.5, 0.6) is 5.75 Å². The van der Waals surface area contributed by atoms with Crippen molar-refractivity contribution in [3.63, 3.8) is 0 Å². The van der Waals surface area contributed by atoms with Gasteiger partial charge in [-0.05, 0) is 125 Å². The zero-order valence-electron chi connectivity index (χ0n) is 28.3. The number of halogens is 1. The van der Waals surface area contributed by atoms with Gasteiger partial charge in [-0.15, -0.1) is 0 Å². The van der Waals surface area contributed by atoms with Crippen LogP contribution in [0.4, 0.5) is 5.69 Å². The highest BCUT2D eigenvalue weighted by atomic mass is 35.5. The number of fused-ring (bicyclic) bond motifs is 4. The van der Waals surface area contributed by atoms with Crippen molar-refractivity contribution < 1.29 is 23.1 Å². The maximum absolute atomic E-state index is 13.5. The summed E-state index contributed by atoms with van der Waals surface area (Å²) >= 11 is 6.44. The van der Waals surface area contributed by atoms with Crippen LogP contribution in [0.25, 0.3) is 0 Å². The lowest BCUT2D eigenvalue weighted by molar-refractivity contribution is -0.0467. The number of rotatable bonds is 2. The van der Waals surface area contributed by atoms with E-state index in [9.17, 15) is 18.3 Å². The minimum absolute atomic E-state index is 0.00506. The summed E-state index contributed by atoms with van der Waals surface area (Å²) in [6.07, 6.45) is 9.09. The van der Waals surface area contributed by atoms with E-state index >= 15 is 0 Å². The summed E-state index contributed by atoms with van der Waals surface area (Å²) < 4.78 is 35.7. The lowest BCUT2D eigenvalue weighted by Crippen LogP contribution is -2.57. The number of aliphatic hydroxyl groups is 1. The van der Waals surface area contributed by atoms with Gasteiger partial charge in [-0.2, -0.15) is 0 Å². The van der Waals surface area contributed by atoms with Crippen molar-refractivity contribution in [3.05, 3.63) is 70.3 Å². The number of nitrogens with zero attached hydrogens (tertiary/aromatic N) is 1. The largest absolute Gasteiger partial charge is 0.490 e. The number of ether oxygens (including phenoxy) is 1. The molecule has 256 valence electrons. The Bertz CT molecular complexity index is 1660. The van der Waals surface area contributed by atoms with Crippen molar-refractivity contribution in [1.82, 2.24) is 10.0 Å². The molecule has 2 aliphatic carbocycles. The molecule has 1 fully saturated rings. The van der Waals surface area contributed by atoms with Crippen LogP contribution in [0.3, 0.4) is 0 Å². The van der Waals surface area contributed by atoms with Gasteiger partial charge in [-0.3, -0.25) is 4.79 Å². The molecule has 2 bridgehead atoms. The molecule has 2 heterocycles. The van der Waals surface area contributed by atoms with Crippen molar-refractivity contribution in [2.75, 3.05) is 31.1 Å². The van der Waals surface area contributed by atoms with Crippen molar-refractivity contribution in [2.45, 2.75) is 94.9 Å². The zero-order chi connectivity index (χ0) is 33.8. The molecular formula is C37H50ClN3O5S. The van der Waals surface area contributed by atoms with Crippen LogP contribution in [0.2, 0.25) is 5.02 Å². The second-order valence-corrected chi connectivity index (χ2v) is 18.1. The number of nitrogens with one attached hydrogen (secondary N) is 2. The Morgan fingerprint density at radius 3 is 2.66 bits per heavy atom. The molecule has 1 saturated carbocycles.